The molecule has 0 aromatic heterocycles. The van der Waals surface area contributed by atoms with Crippen LogP contribution in [-0.2, 0) is 13.6 Å². The van der Waals surface area contributed by atoms with Crippen molar-refractivity contribution in [3.05, 3.63) is 12.2 Å². The number of halogens is 1. The summed E-state index contributed by atoms with van der Waals surface area (Å²) in [4.78, 5) is 0. The van der Waals surface area contributed by atoms with Crippen molar-refractivity contribution in [2.75, 3.05) is 24.3 Å². The molecule has 0 N–H and O–H groups in total. The highest BCUT2D eigenvalue weighted by atomic mass is 79.9. The second kappa shape index (κ2) is 42.8. The molecule has 3 nitrogen and oxygen atoms in total. The number of thioether (sulfide) groups is 1. The van der Waals surface area contributed by atoms with Gasteiger partial charge in [-0.05, 0) is 83.1 Å². The Kier molecular flexibility index (Phi) is 43.4. The molecule has 0 aliphatic carbocycles. The minimum absolute atomic E-state index is 0.129. The van der Waals surface area contributed by atoms with Crippen LogP contribution in [0.5, 0.6) is 0 Å². The summed E-state index contributed by atoms with van der Waals surface area (Å²) in [5, 5.41) is 1.68. The van der Waals surface area contributed by atoms with Crippen LogP contribution in [0.15, 0.2) is 12.2 Å². The number of allylic oxidation sites excluding steroid dienone is 2. The van der Waals surface area contributed by atoms with Crippen LogP contribution in [-0.4, -0.2) is 44.4 Å². The maximum absolute atomic E-state index is 6.77. The van der Waals surface area contributed by atoms with E-state index in [4.69, 9.17) is 13.6 Å². The number of rotatable bonds is 44. The fraction of sp³-hybridized carbons (Fsp3) is 0.957. The lowest BCUT2D eigenvalue weighted by molar-refractivity contribution is -0.103. The van der Waals surface area contributed by atoms with E-state index in [1.165, 1.54) is 205 Å². The van der Waals surface area contributed by atoms with Gasteiger partial charge in [-0.15, -0.1) is 0 Å². The van der Waals surface area contributed by atoms with Crippen molar-refractivity contribution in [3.63, 3.8) is 0 Å². The van der Waals surface area contributed by atoms with Crippen LogP contribution in [0.25, 0.3) is 0 Å². The number of alkyl halides is 1. The summed E-state index contributed by atoms with van der Waals surface area (Å²) < 4.78 is 20.0. The molecule has 0 aliphatic rings. The molecule has 2 unspecified atom stereocenters. The van der Waals surface area contributed by atoms with Crippen molar-refractivity contribution < 1.29 is 13.6 Å². The van der Waals surface area contributed by atoms with E-state index < -0.39 is 8.56 Å². The van der Waals surface area contributed by atoms with Crippen LogP contribution in [0.4, 0.5) is 0 Å². The fourth-order valence-electron chi connectivity index (χ4n) is 6.84. The van der Waals surface area contributed by atoms with Gasteiger partial charge < -0.3 is 13.6 Å². The molecule has 0 saturated carbocycles. The SMILES string of the molecule is CCCCCCCC/C=C\CCCCCCCC(OCC(CCCCCCCC)SCCCCCCCCCC)O[Si](C)(C)OCCCCCCBr. The Bertz CT molecular complexity index is 709. The van der Waals surface area contributed by atoms with Gasteiger partial charge in [-0.1, -0.05) is 197 Å². The summed E-state index contributed by atoms with van der Waals surface area (Å²) in [7, 11) is -2.26. The summed E-state index contributed by atoms with van der Waals surface area (Å²) in [6.45, 7) is 13.0. The van der Waals surface area contributed by atoms with E-state index in [-0.39, 0.29) is 6.29 Å². The van der Waals surface area contributed by atoms with Gasteiger partial charge in [-0.2, -0.15) is 11.8 Å². The van der Waals surface area contributed by atoms with E-state index in [0.717, 1.165) is 31.4 Å². The minimum Gasteiger partial charge on any atom is -0.394 e. The van der Waals surface area contributed by atoms with E-state index in [0.29, 0.717) is 5.25 Å². The molecule has 52 heavy (non-hydrogen) atoms. The number of ether oxygens (including phenoxy) is 1. The summed E-state index contributed by atoms with van der Waals surface area (Å²) >= 11 is 5.74. The molecule has 2 atom stereocenters. The first-order valence-corrected chi connectivity index (χ1v) is 28.2. The Labute approximate surface area is 341 Å². The zero-order chi connectivity index (χ0) is 38.1. The maximum atomic E-state index is 6.77. The van der Waals surface area contributed by atoms with Gasteiger partial charge in [0.05, 0.1) is 6.61 Å². The first-order valence-electron chi connectivity index (χ1n) is 23.2. The predicted molar refractivity (Wildman–Crippen MR) is 243 cm³/mol. The molecule has 0 heterocycles. The lowest BCUT2D eigenvalue weighted by atomic mass is 10.1. The summed E-state index contributed by atoms with van der Waals surface area (Å²) in [6.07, 6.45) is 48.5. The average molecular weight is 834 g/mol. The molecule has 0 amide bonds. The van der Waals surface area contributed by atoms with Crippen molar-refractivity contribution >= 4 is 36.3 Å². The smallest absolute Gasteiger partial charge is 0.333 e. The van der Waals surface area contributed by atoms with Crippen molar-refractivity contribution in [2.45, 2.75) is 257 Å². The monoisotopic (exact) mass is 833 g/mol. The van der Waals surface area contributed by atoms with Gasteiger partial charge in [0.1, 0.15) is 6.29 Å². The molecule has 0 saturated heterocycles. The van der Waals surface area contributed by atoms with Crippen LogP contribution in [0.3, 0.4) is 0 Å². The van der Waals surface area contributed by atoms with Gasteiger partial charge in [-0.25, -0.2) is 0 Å². The van der Waals surface area contributed by atoms with Crippen LogP contribution in [0, 0.1) is 0 Å². The summed E-state index contributed by atoms with van der Waals surface area (Å²) in [5.41, 5.74) is 0. The molecule has 0 aromatic rings. The standard InChI is InChI=1S/C46H93BrO3SSi/c1-6-9-12-15-18-20-21-22-23-24-25-26-27-30-35-40-46(50-52(4,5)49-42-37-32-31-36-41-47)48-44-45(39-34-29-17-14-11-8-3)51-43-38-33-28-19-16-13-10-7-2/h22-23,45-46H,6-21,24-44H2,1-5H3/b23-22-. The lowest BCUT2D eigenvalue weighted by Gasteiger charge is -2.30. The van der Waals surface area contributed by atoms with Crippen LogP contribution < -0.4 is 0 Å². The molecule has 0 fully saturated rings. The molecule has 6 heteroatoms. The van der Waals surface area contributed by atoms with Crippen molar-refractivity contribution in [1.29, 1.82) is 0 Å². The van der Waals surface area contributed by atoms with Gasteiger partial charge in [0.15, 0.2) is 0 Å². The number of hydrogen-bond donors (Lipinski definition) is 0. The van der Waals surface area contributed by atoms with E-state index in [1.807, 2.05) is 0 Å². The molecule has 0 aliphatic heterocycles. The van der Waals surface area contributed by atoms with Crippen LogP contribution >= 0.6 is 27.7 Å². The van der Waals surface area contributed by atoms with E-state index in [9.17, 15) is 0 Å². The molecule has 0 spiro atoms. The third-order valence-corrected chi connectivity index (χ3v) is 14.0. The first-order chi connectivity index (χ1) is 25.5. The number of unbranched alkanes of at least 4 members (excludes halogenated alkanes) is 26. The van der Waals surface area contributed by atoms with Crippen molar-refractivity contribution in [2.24, 2.45) is 0 Å². The molecule has 0 rings (SSSR count). The zero-order valence-corrected chi connectivity index (χ0v) is 39.4. The summed E-state index contributed by atoms with van der Waals surface area (Å²) in [6, 6.07) is 0. The molecular weight excluding hydrogens is 741 g/mol. The van der Waals surface area contributed by atoms with Gasteiger partial charge in [-0.3, -0.25) is 0 Å². The fourth-order valence-corrected chi connectivity index (χ4v) is 9.98. The molecule has 312 valence electrons. The van der Waals surface area contributed by atoms with E-state index >= 15 is 0 Å². The number of hydrogen-bond acceptors (Lipinski definition) is 4. The van der Waals surface area contributed by atoms with Crippen LogP contribution in [0.2, 0.25) is 13.1 Å². The van der Waals surface area contributed by atoms with Gasteiger partial charge in [0.25, 0.3) is 0 Å². The largest absolute Gasteiger partial charge is 0.394 e. The van der Waals surface area contributed by atoms with Crippen molar-refractivity contribution in [3.8, 4) is 0 Å². The van der Waals surface area contributed by atoms with Crippen LogP contribution in [0.1, 0.15) is 233 Å². The second-order valence-electron chi connectivity index (χ2n) is 16.1. The highest BCUT2D eigenvalue weighted by Gasteiger charge is 2.29. The Hall–Kier alpha value is 0.667. The molecule has 0 radical (unpaired) electrons. The Balaban J connectivity index is 4.83. The van der Waals surface area contributed by atoms with E-state index in [1.54, 1.807) is 0 Å². The van der Waals surface area contributed by atoms with Gasteiger partial charge in [0, 0.05) is 17.2 Å². The second-order valence-corrected chi connectivity index (χ2v) is 21.7. The third-order valence-electron chi connectivity index (χ3n) is 10.3. The highest BCUT2D eigenvalue weighted by molar-refractivity contribution is 9.09. The quantitative estimate of drug-likeness (QED) is 0.0201. The van der Waals surface area contributed by atoms with Gasteiger partial charge >= 0.3 is 8.56 Å². The Morgan fingerprint density at radius 3 is 1.50 bits per heavy atom. The maximum Gasteiger partial charge on any atom is 0.333 e. The van der Waals surface area contributed by atoms with Crippen molar-refractivity contribution in [1.82, 2.24) is 0 Å². The third kappa shape index (κ3) is 40.3. The minimum atomic E-state index is -2.26. The van der Waals surface area contributed by atoms with Gasteiger partial charge in [0.2, 0.25) is 0 Å². The Morgan fingerprint density at radius 1 is 0.519 bits per heavy atom. The van der Waals surface area contributed by atoms with E-state index in [2.05, 4.69) is 73.7 Å². The normalized spacial score (nSPS) is 13.4. The Morgan fingerprint density at radius 2 is 0.962 bits per heavy atom. The average Bonchev–Trinajstić information content (AvgIpc) is 3.13. The first kappa shape index (κ1) is 52.7. The zero-order valence-electron chi connectivity index (χ0n) is 36.0. The molecule has 0 bridgehead atoms. The predicted octanol–water partition coefficient (Wildman–Crippen LogP) is 17.0. The lowest BCUT2D eigenvalue weighted by Crippen LogP contribution is -2.41. The molecule has 0 aromatic carbocycles. The topological polar surface area (TPSA) is 27.7 Å². The highest BCUT2D eigenvalue weighted by Crippen LogP contribution is 2.24. The molecular formula is C46H93BrO3SSi. The summed E-state index contributed by atoms with van der Waals surface area (Å²) in [5.74, 6) is 1.27.